The van der Waals surface area contributed by atoms with Crippen molar-refractivity contribution in [3.63, 3.8) is 0 Å². The Morgan fingerprint density at radius 1 is 1.36 bits per heavy atom. The monoisotopic (exact) mass is 523 g/mol. The molecule has 0 aliphatic carbocycles. The molecular formula is C18H27FIN5O2S. The van der Waals surface area contributed by atoms with Crippen LogP contribution in [0.3, 0.4) is 0 Å². The predicted octanol–water partition coefficient (Wildman–Crippen LogP) is 2.06. The molecule has 0 bridgehead atoms. The molecule has 0 saturated carbocycles. The second-order valence-corrected chi connectivity index (χ2v) is 8.60. The van der Waals surface area contributed by atoms with Gasteiger partial charge in [-0.2, -0.15) is 0 Å². The van der Waals surface area contributed by atoms with Gasteiger partial charge in [0.15, 0.2) is 5.96 Å². The van der Waals surface area contributed by atoms with E-state index in [1.54, 1.807) is 6.07 Å². The first-order chi connectivity index (χ1) is 13.0. The number of hydrogen-bond acceptors (Lipinski definition) is 3. The second kappa shape index (κ2) is 10.4. The molecule has 1 saturated heterocycles. The Balaban J connectivity index is 0.00000280. The molecular weight excluding hydrogens is 496 g/mol. The highest BCUT2D eigenvalue weighted by molar-refractivity contribution is 14.0. The van der Waals surface area contributed by atoms with Crippen molar-refractivity contribution in [1.82, 2.24) is 19.9 Å². The molecule has 2 heterocycles. The zero-order chi connectivity index (χ0) is 19.3. The standard InChI is InChI=1S/C18H26FN5O2S.HI/c1-2-20-18(22-8-10-24-9-3-11-27(24,25)26)21-7-6-14-13-23-17-12-15(19)4-5-16(14)17;/h4-5,12-13,23H,2-3,6-11H2,1H3,(H2,20,21,22);1H. The maximum absolute atomic E-state index is 13.3. The van der Waals surface area contributed by atoms with Gasteiger partial charge in [0.05, 0.1) is 12.3 Å². The van der Waals surface area contributed by atoms with Gasteiger partial charge >= 0.3 is 0 Å². The number of guanidine groups is 1. The summed E-state index contributed by atoms with van der Waals surface area (Å²) in [5.74, 6) is 0.652. The summed E-state index contributed by atoms with van der Waals surface area (Å²) in [6, 6.07) is 4.74. The summed E-state index contributed by atoms with van der Waals surface area (Å²) in [5, 5.41) is 7.44. The Bertz CT molecular complexity index is 916. The molecule has 0 spiro atoms. The third kappa shape index (κ3) is 5.80. The summed E-state index contributed by atoms with van der Waals surface area (Å²) < 4.78 is 38.4. The average molecular weight is 523 g/mol. The summed E-state index contributed by atoms with van der Waals surface area (Å²) >= 11 is 0. The van der Waals surface area contributed by atoms with E-state index in [1.165, 1.54) is 16.4 Å². The Kier molecular flexibility index (Phi) is 8.50. The number of nitrogens with zero attached hydrogens (tertiary/aromatic N) is 2. The predicted molar refractivity (Wildman–Crippen MR) is 121 cm³/mol. The number of aromatic nitrogens is 1. The third-order valence-corrected chi connectivity index (χ3v) is 6.54. The zero-order valence-corrected chi connectivity index (χ0v) is 19.0. The lowest BCUT2D eigenvalue weighted by Crippen LogP contribution is -2.39. The molecule has 3 rings (SSSR count). The largest absolute Gasteiger partial charge is 0.361 e. The molecule has 1 aromatic heterocycles. The molecule has 1 aliphatic heterocycles. The van der Waals surface area contributed by atoms with E-state index in [2.05, 4.69) is 20.6 Å². The highest BCUT2D eigenvalue weighted by Crippen LogP contribution is 2.19. The van der Waals surface area contributed by atoms with Crippen molar-refractivity contribution in [1.29, 1.82) is 0 Å². The maximum Gasteiger partial charge on any atom is 0.214 e. The van der Waals surface area contributed by atoms with Crippen LogP contribution in [0.25, 0.3) is 10.9 Å². The number of halogens is 2. The van der Waals surface area contributed by atoms with Crippen LogP contribution >= 0.6 is 24.0 Å². The van der Waals surface area contributed by atoms with Crippen LogP contribution in [-0.2, 0) is 16.4 Å². The van der Waals surface area contributed by atoms with E-state index in [0.717, 1.165) is 29.4 Å². The Labute approximate surface area is 182 Å². The number of rotatable bonds is 7. The lowest BCUT2D eigenvalue weighted by atomic mass is 10.1. The smallest absolute Gasteiger partial charge is 0.214 e. The molecule has 0 unspecified atom stereocenters. The summed E-state index contributed by atoms with van der Waals surface area (Å²) in [4.78, 5) is 7.56. The van der Waals surface area contributed by atoms with Gasteiger partial charge in [-0.3, -0.25) is 4.99 Å². The molecule has 2 aromatic rings. The van der Waals surface area contributed by atoms with E-state index < -0.39 is 10.0 Å². The quantitative estimate of drug-likeness (QED) is 0.295. The van der Waals surface area contributed by atoms with Crippen molar-refractivity contribution < 1.29 is 12.8 Å². The number of benzene rings is 1. The number of hydrogen-bond donors (Lipinski definition) is 3. The molecule has 10 heteroatoms. The molecule has 156 valence electrons. The molecule has 28 heavy (non-hydrogen) atoms. The van der Waals surface area contributed by atoms with Crippen LogP contribution in [0.5, 0.6) is 0 Å². The third-order valence-electron chi connectivity index (χ3n) is 4.58. The van der Waals surface area contributed by atoms with E-state index in [0.29, 0.717) is 38.6 Å². The highest BCUT2D eigenvalue weighted by Gasteiger charge is 2.27. The first-order valence-corrected chi connectivity index (χ1v) is 10.9. The van der Waals surface area contributed by atoms with Crippen LogP contribution in [0.2, 0.25) is 0 Å². The Hall–Kier alpha value is -1.40. The van der Waals surface area contributed by atoms with Gasteiger partial charge in [0.1, 0.15) is 5.82 Å². The van der Waals surface area contributed by atoms with Crippen molar-refractivity contribution in [2.24, 2.45) is 4.99 Å². The molecule has 3 N–H and O–H groups in total. The second-order valence-electron chi connectivity index (χ2n) is 6.51. The van der Waals surface area contributed by atoms with E-state index in [-0.39, 0.29) is 35.5 Å². The first kappa shape index (κ1) is 22.9. The molecule has 0 amide bonds. The number of nitrogens with one attached hydrogen (secondary N) is 3. The lowest BCUT2D eigenvalue weighted by molar-refractivity contribution is 0.452. The number of sulfonamides is 1. The normalized spacial score (nSPS) is 16.9. The minimum absolute atomic E-state index is 0. The molecule has 1 aliphatic rings. The van der Waals surface area contributed by atoms with Gasteiger partial charge in [-0.25, -0.2) is 17.1 Å². The van der Waals surface area contributed by atoms with Gasteiger partial charge in [0.2, 0.25) is 10.0 Å². The van der Waals surface area contributed by atoms with Gasteiger partial charge < -0.3 is 15.6 Å². The Morgan fingerprint density at radius 3 is 2.89 bits per heavy atom. The van der Waals surface area contributed by atoms with Crippen molar-refractivity contribution in [2.75, 3.05) is 38.5 Å². The van der Waals surface area contributed by atoms with Crippen LogP contribution in [0.15, 0.2) is 29.4 Å². The van der Waals surface area contributed by atoms with Crippen LogP contribution < -0.4 is 10.6 Å². The summed E-state index contributed by atoms with van der Waals surface area (Å²) in [6.07, 6.45) is 3.35. The first-order valence-electron chi connectivity index (χ1n) is 9.25. The minimum Gasteiger partial charge on any atom is -0.361 e. The van der Waals surface area contributed by atoms with Crippen LogP contribution in [0, 0.1) is 5.82 Å². The number of fused-ring (bicyclic) bond motifs is 1. The fraction of sp³-hybridized carbons (Fsp3) is 0.500. The van der Waals surface area contributed by atoms with E-state index >= 15 is 0 Å². The molecule has 1 fully saturated rings. The highest BCUT2D eigenvalue weighted by atomic mass is 127. The van der Waals surface area contributed by atoms with Crippen molar-refractivity contribution in [2.45, 2.75) is 19.8 Å². The van der Waals surface area contributed by atoms with Crippen LogP contribution in [0.1, 0.15) is 18.9 Å². The Morgan fingerprint density at radius 2 is 2.18 bits per heavy atom. The molecule has 0 radical (unpaired) electrons. The SMILES string of the molecule is CCNC(=NCCN1CCCS1(=O)=O)NCCc1c[nH]c2cc(F)ccc12.I. The number of aliphatic imine (C=N–C) groups is 1. The number of aromatic amines is 1. The van der Waals surface area contributed by atoms with Crippen molar-refractivity contribution in [3.8, 4) is 0 Å². The van der Waals surface area contributed by atoms with Gasteiger partial charge in [-0.1, -0.05) is 0 Å². The maximum atomic E-state index is 13.3. The summed E-state index contributed by atoms with van der Waals surface area (Å²) in [5.41, 5.74) is 1.90. The molecule has 0 atom stereocenters. The summed E-state index contributed by atoms with van der Waals surface area (Å²) in [7, 11) is -3.07. The molecule has 1 aromatic carbocycles. The van der Waals surface area contributed by atoms with E-state index in [1.807, 2.05) is 13.1 Å². The minimum atomic E-state index is -3.07. The van der Waals surface area contributed by atoms with Crippen molar-refractivity contribution in [3.05, 3.63) is 35.8 Å². The van der Waals surface area contributed by atoms with Gasteiger partial charge in [-0.15, -0.1) is 24.0 Å². The number of H-pyrrole nitrogens is 1. The van der Waals surface area contributed by atoms with Gasteiger partial charge in [-0.05, 0) is 43.5 Å². The summed E-state index contributed by atoms with van der Waals surface area (Å²) in [6.45, 7) is 4.78. The van der Waals surface area contributed by atoms with E-state index in [9.17, 15) is 12.8 Å². The van der Waals surface area contributed by atoms with Crippen LogP contribution in [-0.4, -0.2) is 62.1 Å². The topological polar surface area (TPSA) is 89.6 Å². The molecule has 7 nitrogen and oxygen atoms in total. The van der Waals surface area contributed by atoms with Crippen molar-refractivity contribution >= 4 is 50.9 Å². The fourth-order valence-corrected chi connectivity index (χ4v) is 4.76. The van der Waals surface area contributed by atoms with Gasteiger partial charge in [0, 0.05) is 43.3 Å². The zero-order valence-electron chi connectivity index (χ0n) is 15.9. The van der Waals surface area contributed by atoms with Gasteiger partial charge in [0.25, 0.3) is 0 Å². The average Bonchev–Trinajstić information content (AvgIpc) is 3.17. The lowest BCUT2D eigenvalue weighted by Gasteiger charge is -2.14. The van der Waals surface area contributed by atoms with E-state index in [4.69, 9.17) is 0 Å². The van der Waals surface area contributed by atoms with Crippen LogP contribution in [0.4, 0.5) is 4.39 Å². The fourth-order valence-electron chi connectivity index (χ4n) is 3.24.